The topological polar surface area (TPSA) is 84.9 Å². The van der Waals surface area contributed by atoms with Crippen LogP contribution in [0.5, 0.6) is 0 Å². The Labute approximate surface area is 141 Å². The third-order valence-corrected chi connectivity index (χ3v) is 3.52. The Bertz CT molecular complexity index is 575. The molecule has 1 aromatic rings. The Morgan fingerprint density at radius 2 is 1.79 bits per heavy atom. The first kappa shape index (κ1) is 18.1. The summed E-state index contributed by atoms with van der Waals surface area (Å²) in [5, 5.41) is 7.91. The SMILES string of the molecule is COC(=O)c1ccc(CN2CCN(C(=O)OC(C)(C)C)CC2)nn1. The number of nitrogens with zero attached hydrogens (tertiary/aromatic N) is 4. The molecule has 0 atom stereocenters. The average molecular weight is 336 g/mol. The molecule has 1 aliphatic heterocycles. The van der Waals surface area contributed by atoms with Gasteiger partial charge < -0.3 is 14.4 Å². The van der Waals surface area contributed by atoms with Crippen molar-refractivity contribution in [1.29, 1.82) is 0 Å². The number of aromatic nitrogens is 2. The quantitative estimate of drug-likeness (QED) is 0.770. The van der Waals surface area contributed by atoms with Crippen molar-refractivity contribution in [3.8, 4) is 0 Å². The fourth-order valence-corrected chi connectivity index (χ4v) is 2.30. The number of ether oxygens (including phenoxy) is 2. The predicted octanol–water partition coefficient (Wildman–Crippen LogP) is 1.32. The lowest BCUT2D eigenvalue weighted by atomic mass is 10.2. The minimum absolute atomic E-state index is 0.191. The van der Waals surface area contributed by atoms with Crippen LogP contribution in [0.3, 0.4) is 0 Å². The van der Waals surface area contributed by atoms with Crippen LogP contribution in [0.4, 0.5) is 4.79 Å². The number of esters is 1. The number of hydrogen-bond acceptors (Lipinski definition) is 7. The molecule has 8 heteroatoms. The van der Waals surface area contributed by atoms with Crippen molar-refractivity contribution >= 4 is 12.1 Å². The number of methoxy groups -OCH3 is 1. The van der Waals surface area contributed by atoms with Gasteiger partial charge in [0.2, 0.25) is 0 Å². The minimum atomic E-state index is -0.500. The molecule has 0 N–H and O–H groups in total. The van der Waals surface area contributed by atoms with Gasteiger partial charge in [0, 0.05) is 32.7 Å². The average Bonchev–Trinajstić information content (AvgIpc) is 2.54. The number of piperazine rings is 1. The van der Waals surface area contributed by atoms with Crippen LogP contribution in [0.2, 0.25) is 0 Å². The van der Waals surface area contributed by atoms with Gasteiger partial charge in [0.25, 0.3) is 0 Å². The van der Waals surface area contributed by atoms with E-state index in [2.05, 4.69) is 19.8 Å². The van der Waals surface area contributed by atoms with Crippen molar-refractivity contribution in [2.45, 2.75) is 32.9 Å². The summed E-state index contributed by atoms with van der Waals surface area (Å²) >= 11 is 0. The molecule has 0 bridgehead atoms. The summed E-state index contributed by atoms with van der Waals surface area (Å²) < 4.78 is 9.97. The summed E-state index contributed by atoms with van der Waals surface area (Å²) in [5.41, 5.74) is 0.481. The van der Waals surface area contributed by atoms with Gasteiger partial charge in [0.15, 0.2) is 5.69 Å². The van der Waals surface area contributed by atoms with Crippen LogP contribution in [0.15, 0.2) is 12.1 Å². The molecule has 0 saturated carbocycles. The largest absolute Gasteiger partial charge is 0.464 e. The first-order valence-electron chi connectivity index (χ1n) is 7.90. The highest BCUT2D eigenvalue weighted by atomic mass is 16.6. The molecule has 0 aliphatic carbocycles. The molecule has 0 spiro atoms. The third kappa shape index (κ3) is 5.16. The Kier molecular flexibility index (Phi) is 5.71. The second-order valence-corrected chi connectivity index (χ2v) is 6.65. The van der Waals surface area contributed by atoms with Crippen LogP contribution in [0, 0.1) is 0 Å². The van der Waals surface area contributed by atoms with Gasteiger partial charge in [-0.05, 0) is 32.9 Å². The van der Waals surface area contributed by atoms with E-state index in [1.165, 1.54) is 7.11 Å². The molecule has 2 rings (SSSR count). The number of rotatable bonds is 3. The van der Waals surface area contributed by atoms with E-state index in [9.17, 15) is 9.59 Å². The van der Waals surface area contributed by atoms with Gasteiger partial charge >= 0.3 is 12.1 Å². The first-order chi connectivity index (χ1) is 11.3. The molecule has 2 heterocycles. The molecular formula is C16H24N4O4. The summed E-state index contributed by atoms with van der Waals surface area (Å²) in [7, 11) is 1.31. The van der Waals surface area contributed by atoms with Gasteiger partial charge in [-0.2, -0.15) is 5.10 Å². The third-order valence-electron chi connectivity index (χ3n) is 3.52. The minimum Gasteiger partial charge on any atom is -0.464 e. The highest BCUT2D eigenvalue weighted by Crippen LogP contribution is 2.13. The normalized spacial score (nSPS) is 15.9. The van der Waals surface area contributed by atoms with Gasteiger partial charge in [-0.25, -0.2) is 9.59 Å². The van der Waals surface area contributed by atoms with E-state index in [0.29, 0.717) is 19.6 Å². The molecule has 1 fully saturated rings. The van der Waals surface area contributed by atoms with E-state index in [0.717, 1.165) is 18.8 Å². The Morgan fingerprint density at radius 1 is 1.12 bits per heavy atom. The van der Waals surface area contributed by atoms with Crippen molar-refractivity contribution < 1.29 is 19.1 Å². The summed E-state index contributed by atoms with van der Waals surface area (Å²) in [6, 6.07) is 3.37. The molecule has 8 nitrogen and oxygen atoms in total. The monoisotopic (exact) mass is 336 g/mol. The molecule has 1 aliphatic rings. The zero-order valence-electron chi connectivity index (χ0n) is 14.6. The molecule has 24 heavy (non-hydrogen) atoms. The molecule has 1 saturated heterocycles. The van der Waals surface area contributed by atoms with Gasteiger partial charge in [0.05, 0.1) is 12.8 Å². The number of amides is 1. The van der Waals surface area contributed by atoms with Crippen molar-refractivity contribution in [2.75, 3.05) is 33.3 Å². The molecule has 1 aromatic heterocycles. The number of hydrogen-bond donors (Lipinski definition) is 0. The van der Waals surface area contributed by atoms with Crippen LogP contribution in [-0.4, -0.2) is 70.9 Å². The zero-order valence-corrected chi connectivity index (χ0v) is 14.6. The summed E-state index contributed by atoms with van der Waals surface area (Å²) in [5.74, 6) is -0.500. The second-order valence-electron chi connectivity index (χ2n) is 6.65. The summed E-state index contributed by atoms with van der Waals surface area (Å²) in [6.07, 6.45) is -0.274. The molecule has 1 amide bonds. The zero-order chi connectivity index (χ0) is 17.7. The Hall–Kier alpha value is -2.22. The second kappa shape index (κ2) is 7.57. The van der Waals surface area contributed by atoms with E-state index >= 15 is 0 Å². The van der Waals surface area contributed by atoms with E-state index in [1.807, 2.05) is 20.8 Å². The van der Waals surface area contributed by atoms with Gasteiger partial charge in [0.1, 0.15) is 5.60 Å². The van der Waals surface area contributed by atoms with Crippen LogP contribution in [0.1, 0.15) is 37.0 Å². The molecule has 0 radical (unpaired) electrons. The van der Waals surface area contributed by atoms with Crippen molar-refractivity contribution in [3.05, 3.63) is 23.5 Å². The maximum Gasteiger partial charge on any atom is 0.410 e. The van der Waals surface area contributed by atoms with Gasteiger partial charge in [-0.3, -0.25) is 4.90 Å². The van der Waals surface area contributed by atoms with Gasteiger partial charge in [-0.1, -0.05) is 0 Å². The van der Waals surface area contributed by atoms with Crippen molar-refractivity contribution in [3.63, 3.8) is 0 Å². The Morgan fingerprint density at radius 3 is 2.29 bits per heavy atom. The standard InChI is InChI=1S/C16H24N4O4/c1-16(2,3)24-15(22)20-9-7-19(8-10-20)11-12-5-6-13(18-17-12)14(21)23-4/h5-6H,7-11H2,1-4H3. The fourth-order valence-electron chi connectivity index (χ4n) is 2.30. The van der Waals surface area contributed by atoms with Crippen LogP contribution in [0.25, 0.3) is 0 Å². The highest BCUT2D eigenvalue weighted by molar-refractivity contribution is 5.86. The van der Waals surface area contributed by atoms with Crippen molar-refractivity contribution in [2.24, 2.45) is 0 Å². The van der Waals surface area contributed by atoms with Gasteiger partial charge in [-0.15, -0.1) is 5.10 Å². The van der Waals surface area contributed by atoms with E-state index in [1.54, 1.807) is 17.0 Å². The number of carbonyl (C=O) groups is 2. The van der Waals surface area contributed by atoms with E-state index < -0.39 is 11.6 Å². The molecule has 132 valence electrons. The molecular weight excluding hydrogens is 312 g/mol. The lowest BCUT2D eigenvalue weighted by Gasteiger charge is -2.35. The highest BCUT2D eigenvalue weighted by Gasteiger charge is 2.26. The lowest BCUT2D eigenvalue weighted by molar-refractivity contribution is 0.0138. The molecule has 0 unspecified atom stereocenters. The van der Waals surface area contributed by atoms with Crippen molar-refractivity contribution in [1.82, 2.24) is 20.0 Å². The summed E-state index contributed by atoms with van der Waals surface area (Å²) in [6.45, 7) is 8.90. The fraction of sp³-hybridized carbons (Fsp3) is 0.625. The maximum absolute atomic E-state index is 12.0. The first-order valence-corrected chi connectivity index (χ1v) is 7.90. The van der Waals surface area contributed by atoms with Crippen LogP contribution < -0.4 is 0 Å². The lowest BCUT2D eigenvalue weighted by Crippen LogP contribution is -2.49. The maximum atomic E-state index is 12.0. The smallest absolute Gasteiger partial charge is 0.410 e. The predicted molar refractivity (Wildman–Crippen MR) is 86.5 cm³/mol. The molecule has 0 aromatic carbocycles. The summed E-state index contributed by atoms with van der Waals surface area (Å²) in [4.78, 5) is 27.3. The van der Waals surface area contributed by atoms with Crippen LogP contribution in [-0.2, 0) is 16.0 Å². The number of carbonyl (C=O) groups excluding carboxylic acids is 2. The van der Waals surface area contributed by atoms with E-state index in [-0.39, 0.29) is 11.8 Å². The Balaban J connectivity index is 1.82. The van der Waals surface area contributed by atoms with Crippen LogP contribution >= 0.6 is 0 Å². The van der Waals surface area contributed by atoms with E-state index in [4.69, 9.17) is 4.74 Å².